The van der Waals surface area contributed by atoms with E-state index in [0.29, 0.717) is 12.1 Å². The van der Waals surface area contributed by atoms with Gasteiger partial charge in [-0.2, -0.15) is 0 Å². The summed E-state index contributed by atoms with van der Waals surface area (Å²) in [6.07, 6.45) is 4.15. The second kappa shape index (κ2) is 4.37. The Morgan fingerprint density at radius 2 is 2.41 bits per heavy atom. The van der Waals surface area contributed by atoms with Crippen LogP contribution >= 0.6 is 11.3 Å². The molecule has 2 N–H and O–H groups in total. The van der Waals surface area contributed by atoms with E-state index in [1.165, 1.54) is 10.9 Å². The van der Waals surface area contributed by atoms with Gasteiger partial charge in [-0.25, -0.2) is 4.98 Å². The van der Waals surface area contributed by atoms with Crippen molar-refractivity contribution in [1.82, 2.24) is 9.88 Å². The van der Waals surface area contributed by atoms with E-state index in [1.54, 1.807) is 11.3 Å². The lowest BCUT2D eigenvalue weighted by molar-refractivity contribution is 0.171. The lowest BCUT2D eigenvalue weighted by Gasteiger charge is -2.35. The number of nitrogens with zero attached hydrogens (tertiary/aromatic N) is 2. The summed E-state index contributed by atoms with van der Waals surface area (Å²) in [6.45, 7) is 1.08. The first kappa shape index (κ1) is 11.1. The first-order valence-corrected chi connectivity index (χ1v) is 6.91. The van der Waals surface area contributed by atoms with Gasteiger partial charge in [-0.1, -0.05) is 0 Å². The zero-order valence-electron chi connectivity index (χ0n) is 9.97. The van der Waals surface area contributed by atoms with E-state index in [2.05, 4.69) is 34.4 Å². The summed E-state index contributed by atoms with van der Waals surface area (Å²) in [5, 5.41) is 3.35. The van der Waals surface area contributed by atoms with Crippen LogP contribution < -0.4 is 5.73 Å². The minimum Gasteiger partial charge on any atom is -0.328 e. The second-order valence-corrected chi connectivity index (χ2v) is 5.76. The standard InChI is InChI=1S/C13H17N3S/c1-16-4-2-11(14)7-12(16)10-6-9-3-5-17-13(9)15-8-10/h3,5-6,8,11-12H,2,4,7,14H2,1H3. The number of piperidine rings is 1. The summed E-state index contributed by atoms with van der Waals surface area (Å²) < 4.78 is 0. The minimum absolute atomic E-state index is 0.328. The highest BCUT2D eigenvalue weighted by Gasteiger charge is 2.25. The number of pyridine rings is 1. The molecule has 3 nitrogen and oxygen atoms in total. The maximum atomic E-state index is 6.07. The summed E-state index contributed by atoms with van der Waals surface area (Å²) in [7, 11) is 2.17. The zero-order valence-corrected chi connectivity index (χ0v) is 10.8. The molecule has 2 aromatic heterocycles. The normalized spacial score (nSPS) is 26.5. The maximum Gasteiger partial charge on any atom is 0.123 e. The Morgan fingerprint density at radius 1 is 1.53 bits per heavy atom. The Hall–Kier alpha value is -0.970. The highest BCUT2D eigenvalue weighted by Crippen LogP contribution is 2.31. The molecule has 3 rings (SSSR count). The van der Waals surface area contributed by atoms with Crippen molar-refractivity contribution in [2.24, 2.45) is 5.73 Å². The molecule has 1 aliphatic rings. The fraction of sp³-hybridized carbons (Fsp3) is 0.462. The van der Waals surface area contributed by atoms with Gasteiger partial charge in [0.1, 0.15) is 4.83 Å². The topological polar surface area (TPSA) is 42.1 Å². The van der Waals surface area contributed by atoms with Crippen LogP contribution in [0.15, 0.2) is 23.7 Å². The fourth-order valence-electron chi connectivity index (χ4n) is 2.56. The maximum absolute atomic E-state index is 6.07. The van der Waals surface area contributed by atoms with Gasteiger partial charge in [0.05, 0.1) is 0 Å². The van der Waals surface area contributed by atoms with Gasteiger partial charge in [0.15, 0.2) is 0 Å². The van der Waals surface area contributed by atoms with Gasteiger partial charge in [-0.3, -0.25) is 4.90 Å². The average Bonchev–Trinajstić information content (AvgIpc) is 2.79. The van der Waals surface area contributed by atoms with Crippen LogP contribution in [0.4, 0.5) is 0 Å². The minimum atomic E-state index is 0.328. The molecule has 0 amide bonds. The van der Waals surface area contributed by atoms with Crippen molar-refractivity contribution in [1.29, 1.82) is 0 Å². The lowest BCUT2D eigenvalue weighted by Crippen LogP contribution is -2.39. The summed E-state index contributed by atoms with van der Waals surface area (Å²) >= 11 is 1.69. The van der Waals surface area contributed by atoms with Crippen molar-refractivity contribution >= 4 is 21.6 Å². The Balaban J connectivity index is 1.95. The van der Waals surface area contributed by atoms with Crippen molar-refractivity contribution in [2.45, 2.75) is 24.9 Å². The first-order valence-electron chi connectivity index (χ1n) is 6.03. The Kier molecular flexibility index (Phi) is 2.86. The third kappa shape index (κ3) is 2.08. The van der Waals surface area contributed by atoms with E-state index in [4.69, 9.17) is 5.73 Å². The van der Waals surface area contributed by atoms with Crippen LogP contribution in [0, 0.1) is 0 Å². The van der Waals surface area contributed by atoms with Crippen molar-refractivity contribution in [2.75, 3.05) is 13.6 Å². The Bertz CT molecular complexity index is 522. The smallest absolute Gasteiger partial charge is 0.123 e. The van der Waals surface area contributed by atoms with Crippen LogP contribution in [0.25, 0.3) is 10.2 Å². The molecule has 2 atom stereocenters. The van der Waals surface area contributed by atoms with Gasteiger partial charge < -0.3 is 5.73 Å². The molecule has 0 aliphatic carbocycles. The van der Waals surface area contributed by atoms with E-state index in [0.717, 1.165) is 24.2 Å². The van der Waals surface area contributed by atoms with Gasteiger partial charge in [-0.05, 0) is 49.5 Å². The van der Waals surface area contributed by atoms with E-state index in [-0.39, 0.29) is 0 Å². The van der Waals surface area contributed by atoms with E-state index in [9.17, 15) is 0 Å². The van der Waals surface area contributed by atoms with Gasteiger partial charge in [0, 0.05) is 23.7 Å². The van der Waals surface area contributed by atoms with Gasteiger partial charge in [-0.15, -0.1) is 11.3 Å². The molecule has 0 aromatic carbocycles. The molecule has 2 aromatic rings. The molecular formula is C13H17N3S. The lowest BCUT2D eigenvalue weighted by atomic mass is 9.93. The third-order valence-electron chi connectivity index (χ3n) is 3.62. The summed E-state index contributed by atoms with van der Waals surface area (Å²) in [5.41, 5.74) is 7.37. The van der Waals surface area contributed by atoms with Gasteiger partial charge in [0.25, 0.3) is 0 Å². The molecule has 90 valence electrons. The van der Waals surface area contributed by atoms with Crippen LogP contribution in [-0.4, -0.2) is 29.5 Å². The third-order valence-corrected chi connectivity index (χ3v) is 4.46. The molecule has 0 bridgehead atoms. The molecule has 4 heteroatoms. The van der Waals surface area contributed by atoms with Crippen LogP contribution in [0.3, 0.4) is 0 Å². The predicted octanol–water partition coefficient (Wildman–Crippen LogP) is 2.39. The molecule has 3 heterocycles. The molecule has 0 spiro atoms. The quantitative estimate of drug-likeness (QED) is 0.841. The molecule has 0 saturated carbocycles. The molecule has 0 radical (unpaired) electrons. The van der Waals surface area contributed by atoms with Crippen molar-refractivity contribution in [3.05, 3.63) is 29.3 Å². The largest absolute Gasteiger partial charge is 0.328 e. The first-order chi connectivity index (χ1) is 8.24. The number of nitrogens with two attached hydrogens (primary N) is 1. The van der Waals surface area contributed by atoms with Gasteiger partial charge in [0.2, 0.25) is 0 Å². The summed E-state index contributed by atoms with van der Waals surface area (Å²) in [5.74, 6) is 0. The number of thiophene rings is 1. The van der Waals surface area contributed by atoms with Crippen LogP contribution in [0.2, 0.25) is 0 Å². The fourth-order valence-corrected chi connectivity index (χ4v) is 3.28. The van der Waals surface area contributed by atoms with Crippen molar-refractivity contribution in [3.8, 4) is 0 Å². The molecule has 17 heavy (non-hydrogen) atoms. The Morgan fingerprint density at radius 3 is 3.29 bits per heavy atom. The number of rotatable bonds is 1. The molecule has 1 fully saturated rings. The van der Waals surface area contributed by atoms with Crippen LogP contribution in [-0.2, 0) is 0 Å². The zero-order chi connectivity index (χ0) is 11.8. The number of hydrogen-bond acceptors (Lipinski definition) is 4. The predicted molar refractivity (Wildman–Crippen MR) is 72.2 cm³/mol. The summed E-state index contributed by atoms with van der Waals surface area (Å²) in [4.78, 5) is 8.04. The molecule has 1 saturated heterocycles. The van der Waals surface area contributed by atoms with E-state index < -0.39 is 0 Å². The van der Waals surface area contributed by atoms with Crippen LogP contribution in [0.1, 0.15) is 24.4 Å². The molecule has 2 unspecified atom stereocenters. The molecular weight excluding hydrogens is 230 g/mol. The average molecular weight is 247 g/mol. The highest BCUT2D eigenvalue weighted by molar-refractivity contribution is 7.16. The number of likely N-dealkylation sites (tertiary alicyclic amines) is 1. The van der Waals surface area contributed by atoms with E-state index >= 15 is 0 Å². The van der Waals surface area contributed by atoms with E-state index in [1.807, 2.05) is 6.20 Å². The summed E-state index contributed by atoms with van der Waals surface area (Å²) in [6, 6.07) is 5.15. The highest BCUT2D eigenvalue weighted by atomic mass is 32.1. The van der Waals surface area contributed by atoms with Crippen molar-refractivity contribution in [3.63, 3.8) is 0 Å². The number of aromatic nitrogens is 1. The number of fused-ring (bicyclic) bond motifs is 1. The Labute approximate surface area is 105 Å². The van der Waals surface area contributed by atoms with Crippen LogP contribution in [0.5, 0.6) is 0 Å². The van der Waals surface area contributed by atoms with Gasteiger partial charge >= 0.3 is 0 Å². The monoisotopic (exact) mass is 247 g/mol. The van der Waals surface area contributed by atoms with Crippen molar-refractivity contribution < 1.29 is 0 Å². The second-order valence-electron chi connectivity index (χ2n) is 4.86. The SMILES string of the molecule is CN1CCC(N)CC1c1cnc2sccc2c1. The molecule has 1 aliphatic heterocycles. The number of hydrogen-bond donors (Lipinski definition) is 1.